The number of fused-ring (bicyclic) bond motifs is 1. The summed E-state index contributed by atoms with van der Waals surface area (Å²) in [5.41, 5.74) is 2.38. The lowest BCUT2D eigenvalue weighted by molar-refractivity contribution is 0.203. The minimum Gasteiger partial charge on any atom is -0.497 e. The molecule has 0 aliphatic rings. The standard InChI is InChI=1S/C18H18N2O4S/c1-11-8-13(5-7-15(11)20(2)18(21)22)24-10-17-19-14-6-4-12(23-3)9-16(14)25-17/h4-9H,10H2,1-3H3,(H,21,22). The van der Waals surface area contributed by atoms with Crippen molar-refractivity contribution in [3.8, 4) is 11.5 Å². The summed E-state index contributed by atoms with van der Waals surface area (Å²) in [6.07, 6.45) is -0.998. The minimum absolute atomic E-state index is 0.356. The molecule has 1 aromatic heterocycles. The number of hydrogen-bond donors (Lipinski definition) is 1. The van der Waals surface area contributed by atoms with Crippen LogP contribution in [0.5, 0.6) is 11.5 Å². The van der Waals surface area contributed by atoms with E-state index in [-0.39, 0.29) is 0 Å². The van der Waals surface area contributed by atoms with Crippen LogP contribution in [0, 0.1) is 6.92 Å². The molecule has 6 nitrogen and oxygen atoms in total. The molecule has 0 saturated heterocycles. The van der Waals surface area contributed by atoms with E-state index in [1.165, 1.54) is 11.9 Å². The molecule has 1 heterocycles. The van der Waals surface area contributed by atoms with Crippen molar-refractivity contribution < 1.29 is 19.4 Å². The van der Waals surface area contributed by atoms with Gasteiger partial charge in [-0.05, 0) is 48.9 Å². The van der Waals surface area contributed by atoms with Gasteiger partial charge in [-0.1, -0.05) is 0 Å². The van der Waals surface area contributed by atoms with Crippen molar-refractivity contribution in [3.05, 3.63) is 47.0 Å². The van der Waals surface area contributed by atoms with Crippen molar-refractivity contribution in [3.63, 3.8) is 0 Å². The molecule has 0 unspecified atom stereocenters. The Morgan fingerprint density at radius 1 is 1.24 bits per heavy atom. The fourth-order valence-corrected chi connectivity index (χ4v) is 3.39. The first kappa shape index (κ1) is 17.0. The van der Waals surface area contributed by atoms with Crippen LogP contribution in [-0.4, -0.2) is 30.3 Å². The summed E-state index contributed by atoms with van der Waals surface area (Å²) in [6.45, 7) is 2.21. The summed E-state index contributed by atoms with van der Waals surface area (Å²) in [6, 6.07) is 11.1. The van der Waals surface area contributed by atoms with Gasteiger partial charge in [0.1, 0.15) is 23.1 Å². The van der Waals surface area contributed by atoms with Crippen molar-refractivity contribution >= 4 is 33.3 Å². The molecule has 0 radical (unpaired) electrons. The highest BCUT2D eigenvalue weighted by atomic mass is 32.1. The molecule has 0 atom stereocenters. The van der Waals surface area contributed by atoms with Crippen LogP contribution >= 0.6 is 11.3 Å². The maximum atomic E-state index is 11.1. The number of methoxy groups -OCH3 is 1. The number of hydrogen-bond acceptors (Lipinski definition) is 5. The minimum atomic E-state index is -0.998. The molecule has 130 valence electrons. The van der Waals surface area contributed by atoms with E-state index in [0.29, 0.717) is 18.0 Å². The number of aromatic nitrogens is 1. The van der Waals surface area contributed by atoms with Crippen LogP contribution in [0.15, 0.2) is 36.4 Å². The average Bonchev–Trinajstić information content (AvgIpc) is 3.01. The van der Waals surface area contributed by atoms with Gasteiger partial charge < -0.3 is 14.6 Å². The zero-order valence-corrected chi connectivity index (χ0v) is 15.0. The molecule has 1 N–H and O–H groups in total. The summed E-state index contributed by atoms with van der Waals surface area (Å²) in [4.78, 5) is 16.8. The van der Waals surface area contributed by atoms with E-state index < -0.39 is 6.09 Å². The predicted octanol–water partition coefficient (Wildman–Crippen LogP) is 4.31. The molecule has 3 rings (SSSR count). The molecule has 0 aliphatic heterocycles. The van der Waals surface area contributed by atoms with Crippen LogP contribution < -0.4 is 14.4 Å². The molecule has 0 bridgehead atoms. The second-order valence-corrected chi connectivity index (χ2v) is 6.64. The lowest BCUT2D eigenvalue weighted by Crippen LogP contribution is -2.24. The third-order valence-corrected chi connectivity index (χ3v) is 4.81. The normalized spacial score (nSPS) is 10.7. The second kappa shape index (κ2) is 6.98. The molecular weight excluding hydrogens is 340 g/mol. The lowest BCUT2D eigenvalue weighted by atomic mass is 10.2. The highest BCUT2D eigenvalue weighted by molar-refractivity contribution is 7.18. The van der Waals surface area contributed by atoms with Gasteiger partial charge in [0.05, 0.1) is 17.3 Å². The third-order valence-electron chi connectivity index (χ3n) is 3.82. The van der Waals surface area contributed by atoms with Crippen LogP contribution in [0.4, 0.5) is 10.5 Å². The van der Waals surface area contributed by atoms with Gasteiger partial charge in [-0.25, -0.2) is 9.78 Å². The molecule has 0 saturated carbocycles. The molecule has 7 heteroatoms. The van der Waals surface area contributed by atoms with Gasteiger partial charge in [-0.2, -0.15) is 0 Å². The van der Waals surface area contributed by atoms with Crippen molar-refractivity contribution in [2.75, 3.05) is 19.1 Å². The Balaban J connectivity index is 1.73. The van der Waals surface area contributed by atoms with E-state index in [0.717, 1.165) is 26.5 Å². The molecule has 0 aliphatic carbocycles. The number of thiazole rings is 1. The number of benzene rings is 2. The lowest BCUT2D eigenvalue weighted by Gasteiger charge is -2.16. The first-order valence-electron chi connectivity index (χ1n) is 7.61. The number of carboxylic acid groups (broad SMARTS) is 1. The summed E-state index contributed by atoms with van der Waals surface area (Å²) in [5.74, 6) is 1.48. The topological polar surface area (TPSA) is 71.9 Å². The number of carbonyl (C=O) groups is 1. The number of amides is 1. The van der Waals surface area contributed by atoms with Crippen molar-refractivity contribution in [2.24, 2.45) is 0 Å². The molecule has 0 fully saturated rings. The Hall–Kier alpha value is -2.80. The SMILES string of the molecule is COc1ccc2nc(COc3ccc(N(C)C(=O)O)c(C)c3)sc2c1. The summed E-state index contributed by atoms with van der Waals surface area (Å²) < 4.78 is 12.1. The van der Waals surface area contributed by atoms with E-state index in [4.69, 9.17) is 14.6 Å². The van der Waals surface area contributed by atoms with Gasteiger partial charge in [0.25, 0.3) is 0 Å². The summed E-state index contributed by atoms with van der Waals surface area (Å²) in [7, 11) is 3.15. The predicted molar refractivity (Wildman–Crippen MR) is 98.1 cm³/mol. The fraction of sp³-hybridized carbons (Fsp3) is 0.222. The fourth-order valence-electron chi connectivity index (χ4n) is 2.48. The Bertz CT molecular complexity index is 923. The first-order chi connectivity index (χ1) is 12.0. The highest BCUT2D eigenvalue weighted by Crippen LogP contribution is 2.28. The Morgan fingerprint density at radius 2 is 2.00 bits per heavy atom. The second-order valence-electron chi connectivity index (χ2n) is 5.52. The summed E-state index contributed by atoms with van der Waals surface area (Å²) in [5, 5.41) is 9.93. The van der Waals surface area contributed by atoms with E-state index in [1.54, 1.807) is 30.6 Å². The Kier molecular flexibility index (Phi) is 4.76. The number of ether oxygens (including phenoxy) is 2. The molecule has 25 heavy (non-hydrogen) atoms. The Morgan fingerprint density at radius 3 is 2.68 bits per heavy atom. The van der Waals surface area contributed by atoms with Gasteiger partial charge >= 0.3 is 6.09 Å². The van der Waals surface area contributed by atoms with Crippen LogP contribution in [0.2, 0.25) is 0 Å². The van der Waals surface area contributed by atoms with Gasteiger partial charge in [0.2, 0.25) is 0 Å². The van der Waals surface area contributed by atoms with Crippen LogP contribution in [0.25, 0.3) is 10.2 Å². The smallest absolute Gasteiger partial charge is 0.411 e. The summed E-state index contributed by atoms with van der Waals surface area (Å²) >= 11 is 1.56. The average molecular weight is 358 g/mol. The van der Waals surface area contributed by atoms with Crippen molar-refractivity contribution in [2.45, 2.75) is 13.5 Å². The molecule has 0 spiro atoms. The van der Waals surface area contributed by atoms with Crippen molar-refractivity contribution in [1.82, 2.24) is 4.98 Å². The van der Waals surface area contributed by atoms with Gasteiger partial charge in [0, 0.05) is 12.7 Å². The third kappa shape index (κ3) is 3.66. The van der Waals surface area contributed by atoms with Gasteiger partial charge in [-0.15, -0.1) is 11.3 Å². The maximum absolute atomic E-state index is 11.1. The molecular formula is C18H18N2O4S. The largest absolute Gasteiger partial charge is 0.497 e. The first-order valence-corrected chi connectivity index (χ1v) is 8.43. The van der Waals surface area contributed by atoms with E-state index in [1.807, 2.05) is 31.2 Å². The van der Waals surface area contributed by atoms with Crippen LogP contribution in [-0.2, 0) is 6.61 Å². The molecule has 3 aromatic rings. The van der Waals surface area contributed by atoms with Crippen LogP contribution in [0.3, 0.4) is 0 Å². The van der Waals surface area contributed by atoms with E-state index in [2.05, 4.69) is 4.98 Å². The quantitative estimate of drug-likeness (QED) is 0.736. The highest BCUT2D eigenvalue weighted by Gasteiger charge is 2.12. The number of nitrogens with zero attached hydrogens (tertiary/aromatic N) is 2. The van der Waals surface area contributed by atoms with E-state index in [9.17, 15) is 4.79 Å². The van der Waals surface area contributed by atoms with Crippen LogP contribution in [0.1, 0.15) is 10.6 Å². The number of aryl methyl sites for hydroxylation is 1. The maximum Gasteiger partial charge on any atom is 0.411 e. The Labute approximate surface area is 149 Å². The van der Waals surface area contributed by atoms with Gasteiger partial charge in [-0.3, -0.25) is 4.90 Å². The number of anilines is 1. The molecule has 1 amide bonds. The molecule has 2 aromatic carbocycles. The monoisotopic (exact) mass is 358 g/mol. The van der Waals surface area contributed by atoms with Gasteiger partial charge in [0.15, 0.2) is 0 Å². The zero-order valence-electron chi connectivity index (χ0n) is 14.1. The number of rotatable bonds is 5. The van der Waals surface area contributed by atoms with Crippen molar-refractivity contribution in [1.29, 1.82) is 0 Å². The van der Waals surface area contributed by atoms with E-state index >= 15 is 0 Å². The zero-order chi connectivity index (χ0) is 18.0.